The summed E-state index contributed by atoms with van der Waals surface area (Å²) < 4.78 is 3.76. The van der Waals surface area contributed by atoms with Gasteiger partial charge in [0.15, 0.2) is 10.8 Å². The number of anilines is 1. The highest BCUT2D eigenvalue weighted by atomic mass is 32.2. The van der Waals surface area contributed by atoms with E-state index in [-0.39, 0.29) is 11.7 Å². The van der Waals surface area contributed by atoms with Gasteiger partial charge in [-0.2, -0.15) is 5.10 Å². The number of aromatic nitrogens is 5. The first kappa shape index (κ1) is 17.5. The summed E-state index contributed by atoms with van der Waals surface area (Å²) in [7, 11) is 1.86. The van der Waals surface area contributed by atoms with Crippen LogP contribution in [0.3, 0.4) is 0 Å². The molecule has 27 heavy (non-hydrogen) atoms. The fourth-order valence-electron chi connectivity index (χ4n) is 3.23. The van der Waals surface area contributed by atoms with Crippen LogP contribution in [0, 0.1) is 20.8 Å². The Bertz CT molecular complexity index is 1180. The summed E-state index contributed by atoms with van der Waals surface area (Å²) >= 11 is 1.37. The lowest BCUT2D eigenvalue weighted by molar-refractivity contribution is -0.113. The Morgan fingerprint density at radius 2 is 1.96 bits per heavy atom. The first-order chi connectivity index (χ1) is 13.0. The lowest BCUT2D eigenvalue weighted by Crippen LogP contribution is -2.15. The quantitative estimate of drug-likeness (QED) is 0.550. The molecule has 4 rings (SSSR count). The molecule has 8 heteroatoms. The van der Waals surface area contributed by atoms with Gasteiger partial charge in [0, 0.05) is 12.4 Å². The van der Waals surface area contributed by atoms with Crippen LogP contribution in [0.25, 0.3) is 16.6 Å². The van der Waals surface area contributed by atoms with Crippen molar-refractivity contribution in [2.45, 2.75) is 25.9 Å². The smallest absolute Gasteiger partial charge is 0.234 e. The third-order valence-electron chi connectivity index (χ3n) is 4.68. The highest BCUT2D eigenvalue weighted by Crippen LogP contribution is 2.26. The van der Waals surface area contributed by atoms with Crippen molar-refractivity contribution in [2.24, 2.45) is 7.05 Å². The molecule has 0 bridgehead atoms. The van der Waals surface area contributed by atoms with Crippen molar-refractivity contribution in [3.05, 3.63) is 47.3 Å². The largest absolute Gasteiger partial charge is 0.322 e. The van der Waals surface area contributed by atoms with Crippen molar-refractivity contribution in [1.29, 1.82) is 0 Å². The normalized spacial score (nSPS) is 11.4. The van der Waals surface area contributed by atoms with Gasteiger partial charge in [-0.3, -0.25) is 13.9 Å². The molecule has 7 nitrogen and oxygen atoms in total. The molecule has 0 saturated carbocycles. The Hall–Kier alpha value is -2.87. The van der Waals surface area contributed by atoms with Gasteiger partial charge in [0.05, 0.1) is 28.3 Å². The number of rotatable bonds is 4. The number of amides is 1. The van der Waals surface area contributed by atoms with Crippen molar-refractivity contribution < 1.29 is 4.79 Å². The van der Waals surface area contributed by atoms with Crippen LogP contribution in [0.2, 0.25) is 0 Å². The van der Waals surface area contributed by atoms with Gasteiger partial charge in [0.25, 0.3) is 0 Å². The number of benzene rings is 1. The summed E-state index contributed by atoms with van der Waals surface area (Å²) in [5.41, 5.74) is 5.49. The second-order valence-electron chi connectivity index (χ2n) is 6.53. The van der Waals surface area contributed by atoms with Crippen LogP contribution in [-0.2, 0) is 11.8 Å². The van der Waals surface area contributed by atoms with E-state index in [9.17, 15) is 4.79 Å². The average Bonchev–Trinajstić information content (AvgIpc) is 3.16. The third-order valence-corrected chi connectivity index (χ3v) is 5.61. The minimum atomic E-state index is -0.0904. The molecule has 0 unspecified atom stereocenters. The Labute approximate surface area is 160 Å². The molecular weight excluding hydrogens is 360 g/mol. The van der Waals surface area contributed by atoms with Gasteiger partial charge in [-0.25, -0.2) is 0 Å². The lowest BCUT2D eigenvalue weighted by Gasteiger charge is -2.08. The number of nitrogens with one attached hydrogen (secondary N) is 1. The zero-order valence-corrected chi connectivity index (χ0v) is 16.5. The van der Waals surface area contributed by atoms with Crippen molar-refractivity contribution in [1.82, 2.24) is 24.4 Å². The number of para-hydroxylation sites is 1. The Morgan fingerprint density at radius 1 is 1.19 bits per heavy atom. The number of fused-ring (bicyclic) bond motifs is 3. The van der Waals surface area contributed by atoms with Crippen molar-refractivity contribution in [2.75, 3.05) is 11.1 Å². The molecule has 0 radical (unpaired) electrons. The maximum Gasteiger partial charge on any atom is 0.234 e. The molecule has 3 aromatic heterocycles. The molecule has 138 valence electrons. The zero-order valence-electron chi connectivity index (χ0n) is 15.6. The minimum Gasteiger partial charge on any atom is -0.322 e. The van der Waals surface area contributed by atoms with Crippen molar-refractivity contribution in [3.8, 4) is 0 Å². The Kier molecular flexibility index (Phi) is 4.35. The summed E-state index contributed by atoms with van der Waals surface area (Å²) in [6.45, 7) is 5.88. The van der Waals surface area contributed by atoms with E-state index in [0.29, 0.717) is 5.16 Å². The van der Waals surface area contributed by atoms with Gasteiger partial charge in [0.2, 0.25) is 5.91 Å². The zero-order chi connectivity index (χ0) is 19.1. The van der Waals surface area contributed by atoms with Crippen LogP contribution in [0.15, 0.2) is 35.5 Å². The lowest BCUT2D eigenvalue weighted by atomic mass is 10.1. The number of thioether (sulfide) groups is 1. The molecule has 0 aliphatic heterocycles. The fraction of sp³-hybridized carbons (Fsp3) is 0.263. The molecule has 0 aliphatic carbocycles. The van der Waals surface area contributed by atoms with Crippen LogP contribution in [0.4, 0.5) is 5.69 Å². The second-order valence-corrected chi connectivity index (χ2v) is 7.47. The Morgan fingerprint density at radius 3 is 2.70 bits per heavy atom. The highest BCUT2D eigenvalue weighted by molar-refractivity contribution is 7.99. The minimum absolute atomic E-state index is 0.0904. The van der Waals surface area contributed by atoms with Crippen molar-refractivity contribution in [3.63, 3.8) is 0 Å². The summed E-state index contributed by atoms with van der Waals surface area (Å²) in [5.74, 6) is 0.156. The second kappa shape index (κ2) is 6.70. The van der Waals surface area contributed by atoms with Gasteiger partial charge in [0.1, 0.15) is 0 Å². The summed E-state index contributed by atoms with van der Waals surface area (Å²) in [6.07, 6.45) is 0. The van der Waals surface area contributed by atoms with E-state index in [1.807, 2.05) is 49.6 Å². The number of hydrogen-bond acceptors (Lipinski definition) is 5. The third kappa shape index (κ3) is 3.06. The van der Waals surface area contributed by atoms with E-state index < -0.39 is 0 Å². The van der Waals surface area contributed by atoms with E-state index in [1.54, 1.807) is 4.68 Å². The highest BCUT2D eigenvalue weighted by Gasteiger charge is 2.15. The number of nitrogens with zero attached hydrogens (tertiary/aromatic N) is 5. The van der Waals surface area contributed by atoms with Gasteiger partial charge in [-0.15, -0.1) is 10.2 Å². The summed E-state index contributed by atoms with van der Waals surface area (Å²) in [4.78, 5) is 12.4. The molecule has 0 atom stereocenters. The standard InChI is InChI=1S/C19H20N6OS/c1-11-9-16-21-22-19(25(16)15-8-6-5-7-14(11)15)27-10-17(26)20-18-12(2)23-24(4)13(18)3/h5-9H,10H2,1-4H3,(H,20,26). The number of hydrogen-bond donors (Lipinski definition) is 1. The topological polar surface area (TPSA) is 77.1 Å². The number of aryl methyl sites for hydroxylation is 3. The molecule has 1 aromatic carbocycles. The molecular formula is C19H20N6OS. The van der Waals surface area contributed by atoms with Crippen LogP contribution >= 0.6 is 11.8 Å². The molecule has 3 heterocycles. The maximum absolute atomic E-state index is 12.4. The van der Waals surface area contributed by atoms with Gasteiger partial charge in [-0.05, 0) is 38.5 Å². The molecule has 1 N–H and O–H groups in total. The van der Waals surface area contributed by atoms with Crippen molar-refractivity contribution >= 4 is 39.9 Å². The molecule has 0 fully saturated rings. The molecule has 0 aliphatic rings. The Balaban J connectivity index is 1.59. The maximum atomic E-state index is 12.4. The van der Waals surface area contributed by atoms with Crippen LogP contribution < -0.4 is 5.32 Å². The number of carbonyl (C=O) groups is 1. The summed E-state index contributed by atoms with van der Waals surface area (Å²) in [5, 5.41) is 17.7. The SMILES string of the molecule is Cc1nn(C)c(C)c1NC(=O)CSc1nnc2cc(C)c3ccccc3n12. The molecule has 4 aromatic rings. The van der Waals surface area contributed by atoms with Gasteiger partial charge < -0.3 is 5.32 Å². The molecule has 0 spiro atoms. The van der Waals surface area contributed by atoms with Gasteiger partial charge >= 0.3 is 0 Å². The number of carbonyl (C=O) groups excluding carboxylic acids is 1. The van der Waals surface area contributed by atoms with Crippen LogP contribution in [0.1, 0.15) is 17.0 Å². The summed E-state index contributed by atoms with van der Waals surface area (Å²) in [6, 6.07) is 10.2. The predicted molar refractivity (Wildman–Crippen MR) is 107 cm³/mol. The van der Waals surface area contributed by atoms with E-state index in [1.165, 1.54) is 11.8 Å². The predicted octanol–water partition coefficient (Wildman–Crippen LogP) is 3.27. The average molecular weight is 380 g/mol. The number of pyridine rings is 1. The van der Waals surface area contributed by atoms with Gasteiger partial charge in [-0.1, -0.05) is 30.0 Å². The van der Waals surface area contributed by atoms with E-state index in [2.05, 4.69) is 33.6 Å². The first-order valence-corrected chi connectivity index (χ1v) is 9.60. The van der Waals surface area contributed by atoms with Crippen LogP contribution in [0.5, 0.6) is 0 Å². The van der Waals surface area contributed by atoms with E-state index in [4.69, 9.17) is 0 Å². The van der Waals surface area contributed by atoms with E-state index in [0.717, 1.165) is 39.2 Å². The van der Waals surface area contributed by atoms with Crippen LogP contribution in [-0.4, -0.2) is 36.0 Å². The first-order valence-electron chi connectivity index (χ1n) is 8.62. The fourth-order valence-corrected chi connectivity index (χ4v) is 3.98. The monoisotopic (exact) mass is 380 g/mol. The molecule has 0 saturated heterocycles. The molecule has 1 amide bonds. The van der Waals surface area contributed by atoms with E-state index >= 15 is 0 Å².